The van der Waals surface area contributed by atoms with Crippen molar-refractivity contribution in [2.45, 2.75) is 13.3 Å². The zero-order valence-corrected chi connectivity index (χ0v) is 19.5. The molecule has 2 heterocycles. The Morgan fingerprint density at radius 1 is 1.09 bits per heavy atom. The first kappa shape index (κ1) is 22.7. The Labute approximate surface area is 200 Å². The molecule has 4 aromatic rings. The van der Waals surface area contributed by atoms with Gasteiger partial charge in [0.05, 0.1) is 5.39 Å². The lowest BCUT2D eigenvalue weighted by atomic mass is 10.1. The first-order valence-electron chi connectivity index (χ1n) is 10.4. The molecule has 0 radical (unpaired) electrons. The van der Waals surface area contributed by atoms with Crippen molar-refractivity contribution in [2.24, 2.45) is 5.73 Å². The molecule has 3 N–H and O–H groups in total. The number of hydrogen-bond acceptors (Lipinski definition) is 6. The molecule has 0 fully saturated rings. The van der Waals surface area contributed by atoms with Gasteiger partial charge in [-0.25, -0.2) is 9.97 Å². The molecule has 168 valence electrons. The van der Waals surface area contributed by atoms with Crippen LogP contribution in [0.3, 0.4) is 0 Å². The summed E-state index contributed by atoms with van der Waals surface area (Å²) in [4.78, 5) is 35.7. The van der Waals surface area contributed by atoms with Gasteiger partial charge < -0.3 is 16.0 Å². The highest BCUT2D eigenvalue weighted by Crippen LogP contribution is 2.38. The minimum absolute atomic E-state index is 0.131. The Morgan fingerprint density at radius 3 is 2.48 bits per heavy atom. The number of halogens is 1. The van der Waals surface area contributed by atoms with Crippen molar-refractivity contribution in [2.75, 3.05) is 23.3 Å². The molecule has 0 aliphatic heterocycles. The molecular weight excluding hydrogens is 458 g/mol. The Bertz CT molecular complexity index is 1290. The van der Waals surface area contributed by atoms with E-state index >= 15 is 0 Å². The topological polar surface area (TPSA) is 101 Å². The van der Waals surface area contributed by atoms with Crippen LogP contribution in [0.25, 0.3) is 21.3 Å². The van der Waals surface area contributed by atoms with E-state index in [1.54, 1.807) is 41.9 Å². The minimum atomic E-state index is -0.506. The lowest BCUT2D eigenvalue weighted by molar-refractivity contribution is -0.116. The molecule has 0 bridgehead atoms. The fourth-order valence-corrected chi connectivity index (χ4v) is 4.57. The van der Waals surface area contributed by atoms with Gasteiger partial charge in [0.1, 0.15) is 17.0 Å². The first-order chi connectivity index (χ1) is 16.0. The summed E-state index contributed by atoms with van der Waals surface area (Å²) in [5.41, 5.74) is 8.34. The van der Waals surface area contributed by atoms with E-state index in [2.05, 4.69) is 25.6 Å². The predicted octanol–water partition coefficient (Wildman–Crippen LogP) is 4.97. The van der Waals surface area contributed by atoms with Crippen LogP contribution >= 0.6 is 22.9 Å². The van der Waals surface area contributed by atoms with Crippen LogP contribution in [0.5, 0.6) is 0 Å². The van der Waals surface area contributed by atoms with Gasteiger partial charge in [-0.05, 0) is 48.9 Å². The summed E-state index contributed by atoms with van der Waals surface area (Å²) < 4.78 is 0. The standard InChI is InChI=1S/C24H22ClN5O2S/c1-2-30(12-11-20(31)29-18-9-5-16(6-10-18)22(26)32)23-21-19(13-33-24(21)28-14-27-23)15-3-7-17(25)8-4-15/h3-10,13-14H,2,11-12H2,1H3,(H2,26,32)(H,29,31). The van der Waals surface area contributed by atoms with Crippen LogP contribution < -0.4 is 16.0 Å². The largest absolute Gasteiger partial charge is 0.366 e. The Kier molecular flexibility index (Phi) is 6.86. The van der Waals surface area contributed by atoms with Crippen molar-refractivity contribution in [3.63, 3.8) is 0 Å². The maximum Gasteiger partial charge on any atom is 0.248 e. The molecule has 2 amide bonds. The maximum atomic E-state index is 12.5. The number of nitrogens with zero attached hydrogens (tertiary/aromatic N) is 3. The molecule has 7 nitrogen and oxygen atoms in total. The van der Waals surface area contributed by atoms with Crippen molar-refractivity contribution in [1.82, 2.24) is 9.97 Å². The summed E-state index contributed by atoms with van der Waals surface area (Å²) in [6.07, 6.45) is 1.83. The van der Waals surface area contributed by atoms with E-state index in [1.165, 1.54) is 0 Å². The molecule has 0 aliphatic rings. The number of thiophene rings is 1. The number of fused-ring (bicyclic) bond motifs is 1. The molecule has 0 unspecified atom stereocenters. The quantitative estimate of drug-likeness (QED) is 0.371. The molecule has 0 atom stereocenters. The third kappa shape index (κ3) is 5.13. The zero-order valence-electron chi connectivity index (χ0n) is 17.9. The van der Waals surface area contributed by atoms with Crippen LogP contribution in [0.2, 0.25) is 5.02 Å². The second-order valence-corrected chi connectivity index (χ2v) is 8.65. The highest BCUT2D eigenvalue weighted by Gasteiger charge is 2.18. The van der Waals surface area contributed by atoms with Crippen molar-refractivity contribution >= 4 is 56.5 Å². The van der Waals surface area contributed by atoms with E-state index in [-0.39, 0.29) is 12.3 Å². The highest BCUT2D eigenvalue weighted by atomic mass is 35.5. The van der Waals surface area contributed by atoms with Crippen LogP contribution in [-0.2, 0) is 4.79 Å². The highest BCUT2D eigenvalue weighted by molar-refractivity contribution is 7.17. The Morgan fingerprint density at radius 2 is 1.82 bits per heavy atom. The Hall–Kier alpha value is -3.49. The van der Waals surface area contributed by atoms with E-state index in [9.17, 15) is 9.59 Å². The number of anilines is 2. The molecule has 0 saturated heterocycles. The van der Waals surface area contributed by atoms with Gasteiger partial charge in [0.25, 0.3) is 0 Å². The van der Waals surface area contributed by atoms with Gasteiger partial charge in [0.15, 0.2) is 0 Å². The average Bonchev–Trinajstić information content (AvgIpc) is 3.25. The van der Waals surface area contributed by atoms with Gasteiger partial charge in [0, 0.05) is 46.7 Å². The lowest BCUT2D eigenvalue weighted by Gasteiger charge is -2.23. The number of nitrogens with one attached hydrogen (secondary N) is 1. The molecule has 0 saturated carbocycles. The van der Waals surface area contributed by atoms with Gasteiger partial charge in [-0.15, -0.1) is 11.3 Å². The van der Waals surface area contributed by atoms with Crippen LogP contribution in [0, 0.1) is 0 Å². The average molecular weight is 480 g/mol. The van der Waals surface area contributed by atoms with Crippen molar-refractivity contribution in [1.29, 1.82) is 0 Å². The molecule has 2 aromatic carbocycles. The smallest absolute Gasteiger partial charge is 0.248 e. The van der Waals surface area contributed by atoms with Gasteiger partial charge >= 0.3 is 0 Å². The normalized spacial score (nSPS) is 10.8. The molecule has 33 heavy (non-hydrogen) atoms. The third-order valence-electron chi connectivity index (χ3n) is 5.25. The lowest BCUT2D eigenvalue weighted by Crippen LogP contribution is -2.28. The monoisotopic (exact) mass is 479 g/mol. The maximum absolute atomic E-state index is 12.5. The van der Waals surface area contributed by atoms with E-state index in [0.29, 0.717) is 29.4 Å². The van der Waals surface area contributed by atoms with Crippen LogP contribution in [0.15, 0.2) is 60.2 Å². The number of rotatable bonds is 8. The van der Waals surface area contributed by atoms with Crippen LogP contribution in [0.1, 0.15) is 23.7 Å². The number of amides is 2. The first-order valence-corrected chi connectivity index (χ1v) is 11.6. The third-order valence-corrected chi connectivity index (χ3v) is 6.39. The zero-order chi connectivity index (χ0) is 23.4. The molecular formula is C24H22ClN5O2S. The number of aromatic nitrogens is 2. The van der Waals surface area contributed by atoms with Crippen molar-refractivity contribution in [3.8, 4) is 11.1 Å². The second-order valence-electron chi connectivity index (χ2n) is 7.35. The van der Waals surface area contributed by atoms with Gasteiger partial charge in [0.2, 0.25) is 11.8 Å². The number of hydrogen-bond donors (Lipinski definition) is 2. The number of benzene rings is 2. The van der Waals surface area contributed by atoms with Gasteiger partial charge in [-0.3, -0.25) is 9.59 Å². The summed E-state index contributed by atoms with van der Waals surface area (Å²) in [7, 11) is 0. The predicted molar refractivity (Wildman–Crippen MR) is 134 cm³/mol. The molecule has 2 aromatic heterocycles. The van der Waals surface area contributed by atoms with Gasteiger partial charge in [-0.2, -0.15) is 0 Å². The summed E-state index contributed by atoms with van der Waals surface area (Å²) in [6.45, 7) is 3.20. The Balaban J connectivity index is 1.52. The molecule has 0 aliphatic carbocycles. The summed E-state index contributed by atoms with van der Waals surface area (Å²) in [5, 5.41) is 6.57. The van der Waals surface area contributed by atoms with Gasteiger partial charge in [-0.1, -0.05) is 23.7 Å². The van der Waals surface area contributed by atoms with Crippen molar-refractivity contribution < 1.29 is 9.59 Å². The van der Waals surface area contributed by atoms with Crippen LogP contribution in [0.4, 0.5) is 11.5 Å². The van der Waals surface area contributed by atoms with Crippen LogP contribution in [-0.4, -0.2) is 34.9 Å². The summed E-state index contributed by atoms with van der Waals surface area (Å²) >= 11 is 7.62. The number of carbonyl (C=O) groups is 2. The van der Waals surface area contributed by atoms with E-state index < -0.39 is 5.91 Å². The second kappa shape index (κ2) is 9.97. The number of primary amides is 1. The number of carbonyl (C=O) groups excluding carboxylic acids is 2. The summed E-state index contributed by atoms with van der Waals surface area (Å²) in [6, 6.07) is 14.2. The molecule has 0 spiro atoms. The molecule has 4 rings (SSSR count). The number of nitrogens with two attached hydrogens (primary N) is 1. The fourth-order valence-electron chi connectivity index (χ4n) is 3.53. The fraction of sp³-hybridized carbons (Fsp3) is 0.167. The summed E-state index contributed by atoms with van der Waals surface area (Å²) in [5.74, 6) is 0.162. The van der Waals surface area contributed by atoms with E-state index in [0.717, 1.165) is 27.2 Å². The SMILES string of the molecule is CCN(CCC(=O)Nc1ccc(C(N)=O)cc1)c1ncnc2scc(-c3ccc(Cl)cc3)c12. The molecule has 9 heteroatoms. The van der Waals surface area contributed by atoms with E-state index in [1.807, 2.05) is 31.2 Å². The minimum Gasteiger partial charge on any atom is -0.366 e. The van der Waals surface area contributed by atoms with Crippen molar-refractivity contribution in [3.05, 3.63) is 70.8 Å². The van der Waals surface area contributed by atoms with E-state index in [4.69, 9.17) is 17.3 Å².